The standard InChI is InChI=1S/C24H24N4O4/c1-12-3-5-16-13(2)21(26-18(16)9-12)23(31)25-15-4-6-17-14(10-15)11-28(24(17)32)19-7-8-20(29)27-22(19)30/h3-6,9-10,19,24,26,32H,7-8,11H2,1-2H3,(H,25,31)(H,27,29,30). The lowest BCUT2D eigenvalue weighted by Crippen LogP contribution is -2.51. The van der Waals surface area contributed by atoms with Gasteiger partial charge in [-0.1, -0.05) is 18.2 Å². The molecule has 8 nitrogen and oxygen atoms in total. The number of rotatable bonds is 3. The van der Waals surface area contributed by atoms with E-state index in [4.69, 9.17) is 0 Å². The minimum Gasteiger partial charge on any atom is -0.374 e. The van der Waals surface area contributed by atoms with Crippen molar-refractivity contribution in [1.82, 2.24) is 15.2 Å². The molecule has 3 aromatic rings. The fraction of sp³-hybridized carbons (Fsp3) is 0.292. The summed E-state index contributed by atoms with van der Waals surface area (Å²) in [7, 11) is 0. The van der Waals surface area contributed by atoms with E-state index >= 15 is 0 Å². The van der Waals surface area contributed by atoms with Gasteiger partial charge < -0.3 is 15.4 Å². The van der Waals surface area contributed by atoms with Gasteiger partial charge in [-0.25, -0.2) is 0 Å². The van der Waals surface area contributed by atoms with Gasteiger partial charge in [0.05, 0.1) is 6.04 Å². The molecule has 164 valence electrons. The number of nitrogens with one attached hydrogen (secondary N) is 3. The Labute approximate surface area is 184 Å². The number of nitrogens with zero attached hydrogens (tertiary/aromatic N) is 1. The smallest absolute Gasteiger partial charge is 0.272 e. The van der Waals surface area contributed by atoms with E-state index in [-0.39, 0.29) is 24.1 Å². The molecule has 5 rings (SSSR count). The lowest BCUT2D eigenvalue weighted by atomic mass is 10.0. The molecule has 2 aliphatic rings. The summed E-state index contributed by atoms with van der Waals surface area (Å²) in [5.41, 5.74) is 5.58. The van der Waals surface area contributed by atoms with Crippen LogP contribution in [-0.2, 0) is 16.1 Å². The molecular formula is C24H24N4O4. The lowest BCUT2D eigenvalue weighted by Gasteiger charge is -2.31. The van der Waals surface area contributed by atoms with Crippen LogP contribution in [0.5, 0.6) is 0 Å². The fourth-order valence-corrected chi connectivity index (χ4v) is 4.69. The second-order valence-corrected chi connectivity index (χ2v) is 8.55. The Morgan fingerprint density at radius 3 is 2.75 bits per heavy atom. The van der Waals surface area contributed by atoms with E-state index < -0.39 is 12.3 Å². The number of aromatic nitrogens is 1. The van der Waals surface area contributed by atoms with Gasteiger partial charge in [0, 0.05) is 35.1 Å². The first-order valence-corrected chi connectivity index (χ1v) is 10.6. The van der Waals surface area contributed by atoms with E-state index in [1.54, 1.807) is 17.0 Å². The number of fused-ring (bicyclic) bond motifs is 2. The van der Waals surface area contributed by atoms with E-state index in [0.717, 1.165) is 27.6 Å². The Morgan fingerprint density at radius 2 is 1.97 bits per heavy atom. The van der Waals surface area contributed by atoms with Gasteiger partial charge in [-0.2, -0.15) is 0 Å². The Bertz CT molecular complexity index is 1280. The molecule has 2 atom stereocenters. The topological polar surface area (TPSA) is 115 Å². The van der Waals surface area contributed by atoms with Gasteiger partial charge >= 0.3 is 0 Å². The van der Waals surface area contributed by atoms with Crippen LogP contribution in [0.2, 0.25) is 0 Å². The van der Waals surface area contributed by atoms with Crippen molar-refractivity contribution in [3.8, 4) is 0 Å². The number of aromatic amines is 1. The maximum Gasteiger partial charge on any atom is 0.272 e. The molecule has 4 N–H and O–H groups in total. The van der Waals surface area contributed by atoms with Crippen LogP contribution in [0.15, 0.2) is 36.4 Å². The predicted octanol–water partition coefficient (Wildman–Crippen LogP) is 2.65. The van der Waals surface area contributed by atoms with Crippen LogP contribution < -0.4 is 10.6 Å². The first-order chi connectivity index (χ1) is 15.3. The number of anilines is 1. The third-order valence-electron chi connectivity index (χ3n) is 6.40. The van der Waals surface area contributed by atoms with Crippen molar-refractivity contribution in [3.63, 3.8) is 0 Å². The number of carbonyl (C=O) groups is 3. The van der Waals surface area contributed by atoms with Gasteiger partial charge in [0.15, 0.2) is 0 Å². The summed E-state index contributed by atoms with van der Waals surface area (Å²) in [5, 5.41) is 17.0. The largest absolute Gasteiger partial charge is 0.374 e. The number of aliphatic hydroxyl groups is 1. The third kappa shape index (κ3) is 3.37. The molecule has 0 bridgehead atoms. The number of aryl methyl sites for hydroxylation is 2. The monoisotopic (exact) mass is 432 g/mol. The van der Waals surface area contributed by atoms with Crippen molar-refractivity contribution in [2.45, 2.75) is 45.5 Å². The highest BCUT2D eigenvalue weighted by Crippen LogP contribution is 2.36. The Hall–Kier alpha value is -3.49. The molecule has 2 aliphatic heterocycles. The molecule has 1 saturated heterocycles. The molecule has 0 aliphatic carbocycles. The van der Waals surface area contributed by atoms with Crippen LogP contribution in [-0.4, -0.2) is 38.8 Å². The first kappa shape index (κ1) is 20.4. The van der Waals surface area contributed by atoms with Crippen molar-refractivity contribution < 1.29 is 19.5 Å². The molecule has 2 unspecified atom stereocenters. The van der Waals surface area contributed by atoms with Gasteiger partial charge in [0.25, 0.3) is 5.91 Å². The van der Waals surface area contributed by atoms with Gasteiger partial charge in [-0.05, 0) is 55.2 Å². The predicted molar refractivity (Wildman–Crippen MR) is 119 cm³/mol. The normalized spacial score (nSPS) is 21.0. The van der Waals surface area contributed by atoms with Crippen LogP contribution in [0.25, 0.3) is 10.9 Å². The van der Waals surface area contributed by atoms with Gasteiger partial charge in [0.1, 0.15) is 11.9 Å². The molecule has 1 fully saturated rings. The molecular weight excluding hydrogens is 408 g/mol. The zero-order valence-corrected chi connectivity index (χ0v) is 17.9. The summed E-state index contributed by atoms with van der Waals surface area (Å²) >= 11 is 0. The highest BCUT2D eigenvalue weighted by Gasteiger charge is 2.39. The third-order valence-corrected chi connectivity index (χ3v) is 6.40. The molecule has 2 aromatic carbocycles. The van der Waals surface area contributed by atoms with Crippen LogP contribution in [0.4, 0.5) is 5.69 Å². The summed E-state index contributed by atoms with van der Waals surface area (Å²) in [6.45, 7) is 4.28. The average Bonchev–Trinajstić information content (AvgIpc) is 3.24. The fourth-order valence-electron chi connectivity index (χ4n) is 4.69. The molecule has 3 heterocycles. The summed E-state index contributed by atoms with van der Waals surface area (Å²) in [4.78, 5) is 41.5. The molecule has 3 amide bonds. The highest BCUT2D eigenvalue weighted by atomic mass is 16.3. The SMILES string of the molecule is Cc1ccc2c(C)c(C(=O)Nc3ccc4c(c3)CN(C3CCC(=O)NC3=O)C4O)[nH]c2c1. The number of amides is 3. The second-order valence-electron chi connectivity index (χ2n) is 8.55. The van der Waals surface area contributed by atoms with Crippen LogP contribution >= 0.6 is 0 Å². The van der Waals surface area contributed by atoms with Crippen molar-refractivity contribution >= 4 is 34.3 Å². The molecule has 1 aromatic heterocycles. The maximum atomic E-state index is 13.0. The summed E-state index contributed by atoms with van der Waals surface area (Å²) in [6.07, 6.45) is -0.308. The van der Waals surface area contributed by atoms with Gasteiger partial charge in [-0.3, -0.25) is 24.6 Å². The number of imide groups is 1. The Morgan fingerprint density at radius 1 is 1.16 bits per heavy atom. The number of hydrogen-bond donors (Lipinski definition) is 4. The van der Waals surface area contributed by atoms with E-state index in [1.165, 1.54) is 0 Å². The van der Waals surface area contributed by atoms with E-state index in [9.17, 15) is 19.5 Å². The molecule has 0 spiro atoms. The van der Waals surface area contributed by atoms with Crippen molar-refractivity contribution in [3.05, 3.63) is 64.3 Å². The van der Waals surface area contributed by atoms with Crippen molar-refractivity contribution in [2.75, 3.05) is 5.32 Å². The number of piperidine rings is 1. The lowest BCUT2D eigenvalue weighted by molar-refractivity contribution is -0.141. The van der Waals surface area contributed by atoms with E-state index in [0.29, 0.717) is 29.9 Å². The highest BCUT2D eigenvalue weighted by molar-refractivity contribution is 6.08. The summed E-state index contributed by atoms with van der Waals surface area (Å²) in [5.74, 6) is -0.909. The minimum atomic E-state index is -0.933. The van der Waals surface area contributed by atoms with E-state index in [1.807, 2.05) is 38.1 Å². The van der Waals surface area contributed by atoms with Crippen LogP contribution in [0, 0.1) is 13.8 Å². The quantitative estimate of drug-likeness (QED) is 0.475. The second kappa shape index (κ2) is 7.58. The number of aliphatic hydroxyl groups excluding tert-OH is 1. The average molecular weight is 432 g/mol. The van der Waals surface area contributed by atoms with Crippen LogP contribution in [0.3, 0.4) is 0 Å². The zero-order valence-electron chi connectivity index (χ0n) is 17.9. The number of hydrogen-bond acceptors (Lipinski definition) is 5. The number of benzene rings is 2. The van der Waals surface area contributed by atoms with Crippen LogP contribution in [0.1, 0.15) is 51.8 Å². The Kier molecular flexibility index (Phi) is 4.83. The summed E-state index contributed by atoms with van der Waals surface area (Å²) in [6, 6.07) is 10.8. The molecule has 0 radical (unpaired) electrons. The first-order valence-electron chi connectivity index (χ1n) is 10.6. The van der Waals surface area contributed by atoms with E-state index in [2.05, 4.69) is 15.6 Å². The molecule has 0 saturated carbocycles. The van der Waals surface area contributed by atoms with Crippen molar-refractivity contribution in [1.29, 1.82) is 0 Å². The van der Waals surface area contributed by atoms with Crippen molar-refractivity contribution in [2.24, 2.45) is 0 Å². The minimum absolute atomic E-state index is 0.239. The molecule has 8 heteroatoms. The molecule has 32 heavy (non-hydrogen) atoms. The number of H-pyrrole nitrogens is 1. The summed E-state index contributed by atoms with van der Waals surface area (Å²) < 4.78 is 0. The van der Waals surface area contributed by atoms with Gasteiger partial charge in [0.2, 0.25) is 11.8 Å². The zero-order chi connectivity index (χ0) is 22.6. The Balaban J connectivity index is 1.36. The maximum absolute atomic E-state index is 13.0. The van der Waals surface area contributed by atoms with Gasteiger partial charge in [-0.15, -0.1) is 0 Å². The number of carbonyl (C=O) groups excluding carboxylic acids is 3.